The second kappa shape index (κ2) is 14.3. The van der Waals surface area contributed by atoms with E-state index in [0.717, 1.165) is 28.8 Å². The Hall–Kier alpha value is -2.91. The summed E-state index contributed by atoms with van der Waals surface area (Å²) in [5.74, 6) is 0. The molecule has 0 bridgehead atoms. The SMILES string of the molecule is CC(C)(C)OC(=O)NCCN1CCC(N(C(=O)OC(C)(C)C)c2cc(C(F)(F)F)cc3c2N(C(=O)O)C2=C(CC(Br)(C(C)(C)C)C=C2)S3)CC1. The number of anilines is 2. The van der Waals surface area contributed by atoms with E-state index in [4.69, 9.17) is 9.47 Å². The van der Waals surface area contributed by atoms with Crippen molar-refractivity contribution in [3.8, 4) is 0 Å². The van der Waals surface area contributed by atoms with Crippen molar-refractivity contribution in [2.75, 3.05) is 36.0 Å². The number of piperidine rings is 1. The third-order valence-corrected chi connectivity index (χ3v) is 11.5. The van der Waals surface area contributed by atoms with Crippen LogP contribution in [0.15, 0.2) is 39.8 Å². The third-order valence-electron chi connectivity index (χ3n) is 8.60. The van der Waals surface area contributed by atoms with Gasteiger partial charge in [-0.3, -0.25) is 4.90 Å². The Balaban J connectivity index is 1.74. The van der Waals surface area contributed by atoms with E-state index in [1.165, 1.54) is 4.90 Å². The maximum absolute atomic E-state index is 14.6. The van der Waals surface area contributed by atoms with E-state index in [0.29, 0.717) is 56.0 Å². The van der Waals surface area contributed by atoms with Gasteiger partial charge in [-0.25, -0.2) is 19.3 Å². The molecule has 1 saturated heterocycles. The average Bonchev–Trinajstić information content (AvgIpc) is 2.93. The Morgan fingerprint density at radius 1 is 1.02 bits per heavy atom. The quantitative estimate of drug-likeness (QED) is 0.284. The van der Waals surface area contributed by atoms with E-state index in [-0.39, 0.29) is 21.7 Å². The van der Waals surface area contributed by atoms with Crippen molar-refractivity contribution >= 4 is 57.3 Å². The van der Waals surface area contributed by atoms with E-state index in [1.54, 1.807) is 47.6 Å². The average molecular weight is 790 g/mol. The molecule has 1 aliphatic carbocycles. The second-order valence-electron chi connectivity index (χ2n) is 15.8. The van der Waals surface area contributed by atoms with Crippen molar-refractivity contribution in [3.05, 3.63) is 40.5 Å². The normalized spacial score (nSPS) is 20.6. The lowest BCUT2D eigenvalue weighted by molar-refractivity contribution is -0.137. The molecule has 2 heterocycles. The minimum atomic E-state index is -4.78. The first kappa shape index (κ1) is 39.9. The van der Waals surface area contributed by atoms with Crippen LogP contribution in [0.3, 0.4) is 0 Å². The standard InChI is InChI=1S/C35H48BrF3N4O6S/c1-31(2,3)34(36)13-10-23-26(20-34)50-25-19-21(35(37,38)39)18-24(27(25)43(23)29(45)46)42(30(47)49-33(7,8)9)22-11-15-41(16-12-22)17-14-40-28(44)48-32(4,5)6/h10,13,18-19,22H,11-12,14-17,20H2,1-9H3,(H,40,44)(H,45,46). The van der Waals surface area contributed by atoms with Crippen LogP contribution in [0, 0.1) is 5.41 Å². The molecule has 0 radical (unpaired) electrons. The molecule has 3 aliphatic rings. The monoisotopic (exact) mass is 788 g/mol. The van der Waals surface area contributed by atoms with Crippen LogP contribution < -0.4 is 15.1 Å². The summed E-state index contributed by atoms with van der Waals surface area (Å²) in [6.07, 6.45) is -2.94. The number of alkyl halides is 4. The Morgan fingerprint density at radius 2 is 1.62 bits per heavy atom. The number of amides is 3. The lowest BCUT2D eigenvalue weighted by Crippen LogP contribution is -2.51. The molecular formula is C35H48BrF3N4O6S. The lowest BCUT2D eigenvalue weighted by Gasteiger charge is -2.44. The molecule has 278 valence electrons. The summed E-state index contributed by atoms with van der Waals surface area (Å²) in [5, 5.41) is 13.4. The van der Waals surface area contributed by atoms with Crippen LogP contribution in [0.2, 0.25) is 0 Å². The summed E-state index contributed by atoms with van der Waals surface area (Å²) in [6, 6.07) is 1.21. The number of carbonyl (C=O) groups is 3. The van der Waals surface area contributed by atoms with Crippen LogP contribution in [0.25, 0.3) is 0 Å². The van der Waals surface area contributed by atoms with Gasteiger partial charge in [0.2, 0.25) is 0 Å². The van der Waals surface area contributed by atoms with Crippen LogP contribution >= 0.6 is 27.7 Å². The van der Waals surface area contributed by atoms with Crippen LogP contribution in [-0.4, -0.2) is 76.0 Å². The number of thioether (sulfide) groups is 1. The van der Waals surface area contributed by atoms with Crippen LogP contribution in [0.5, 0.6) is 0 Å². The highest BCUT2D eigenvalue weighted by Crippen LogP contribution is 2.57. The molecular weight excluding hydrogens is 741 g/mol. The van der Waals surface area contributed by atoms with E-state index in [2.05, 4.69) is 26.1 Å². The molecule has 0 saturated carbocycles. The summed E-state index contributed by atoms with van der Waals surface area (Å²) in [7, 11) is 0. The molecule has 2 N–H and O–H groups in total. The first-order chi connectivity index (χ1) is 22.8. The summed E-state index contributed by atoms with van der Waals surface area (Å²) < 4.78 is 54.1. The van der Waals surface area contributed by atoms with Gasteiger partial charge in [-0.2, -0.15) is 13.2 Å². The number of benzene rings is 1. The van der Waals surface area contributed by atoms with Gasteiger partial charge < -0.3 is 24.8 Å². The van der Waals surface area contributed by atoms with Gasteiger partial charge >= 0.3 is 24.5 Å². The molecule has 0 aromatic heterocycles. The number of ether oxygens (including phenoxy) is 2. The molecule has 1 fully saturated rings. The number of hydrogen-bond acceptors (Lipinski definition) is 7. The molecule has 2 aliphatic heterocycles. The maximum atomic E-state index is 14.6. The predicted octanol–water partition coefficient (Wildman–Crippen LogP) is 9.38. The van der Waals surface area contributed by atoms with Gasteiger partial charge in [-0.05, 0) is 78.0 Å². The van der Waals surface area contributed by atoms with Gasteiger partial charge in [-0.1, -0.05) is 54.5 Å². The maximum Gasteiger partial charge on any atom is 0.416 e. The van der Waals surface area contributed by atoms with E-state index >= 15 is 0 Å². The highest BCUT2D eigenvalue weighted by molar-refractivity contribution is 9.10. The molecule has 50 heavy (non-hydrogen) atoms. The van der Waals surface area contributed by atoms with Gasteiger partial charge in [0.05, 0.1) is 27.0 Å². The molecule has 3 amide bonds. The van der Waals surface area contributed by atoms with E-state index in [9.17, 15) is 32.7 Å². The van der Waals surface area contributed by atoms with Crippen molar-refractivity contribution in [1.82, 2.24) is 10.2 Å². The third kappa shape index (κ3) is 9.30. The van der Waals surface area contributed by atoms with Crippen LogP contribution in [0.1, 0.15) is 87.1 Å². The van der Waals surface area contributed by atoms with Crippen LogP contribution in [0.4, 0.5) is 38.9 Å². The number of nitrogens with zero attached hydrogens (tertiary/aromatic N) is 3. The Morgan fingerprint density at radius 3 is 2.14 bits per heavy atom. The minimum Gasteiger partial charge on any atom is -0.464 e. The van der Waals surface area contributed by atoms with Crippen molar-refractivity contribution < 1.29 is 42.1 Å². The summed E-state index contributed by atoms with van der Waals surface area (Å²) >= 11 is 4.91. The summed E-state index contributed by atoms with van der Waals surface area (Å²) in [6.45, 7) is 18.1. The number of likely N-dealkylation sites (tertiary alicyclic amines) is 1. The fraction of sp³-hybridized carbons (Fsp3) is 0.629. The van der Waals surface area contributed by atoms with Crippen LogP contribution in [-0.2, 0) is 15.7 Å². The molecule has 10 nitrogen and oxygen atoms in total. The first-order valence-electron chi connectivity index (χ1n) is 16.6. The largest absolute Gasteiger partial charge is 0.464 e. The molecule has 4 rings (SSSR count). The molecule has 1 aromatic carbocycles. The summed E-state index contributed by atoms with van der Waals surface area (Å²) in [4.78, 5) is 44.2. The topological polar surface area (TPSA) is 112 Å². The highest BCUT2D eigenvalue weighted by atomic mass is 79.9. The van der Waals surface area contributed by atoms with E-state index in [1.807, 2.05) is 26.8 Å². The number of carboxylic acid groups (broad SMARTS) is 1. The number of allylic oxidation sites excluding steroid dienone is 3. The molecule has 1 aromatic rings. The van der Waals surface area contributed by atoms with Crippen molar-refractivity contribution in [3.63, 3.8) is 0 Å². The van der Waals surface area contributed by atoms with Crippen molar-refractivity contribution in [2.24, 2.45) is 5.41 Å². The molecule has 1 unspecified atom stereocenters. The zero-order valence-corrected chi connectivity index (χ0v) is 32.5. The fourth-order valence-electron chi connectivity index (χ4n) is 5.97. The Labute approximate surface area is 304 Å². The first-order valence-corrected chi connectivity index (χ1v) is 18.2. The number of nitrogens with one attached hydrogen (secondary N) is 1. The number of halogens is 4. The number of carbonyl (C=O) groups excluding carboxylic acids is 2. The lowest BCUT2D eigenvalue weighted by atomic mass is 9.76. The van der Waals surface area contributed by atoms with Crippen molar-refractivity contribution in [1.29, 1.82) is 0 Å². The highest BCUT2D eigenvalue weighted by Gasteiger charge is 2.46. The zero-order chi connectivity index (χ0) is 37.6. The molecule has 1 atom stereocenters. The Kier molecular flexibility index (Phi) is 11.4. The zero-order valence-electron chi connectivity index (χ0n) is 30.1. The smallest absolute Gasteiger partial charge is 0.416 e. The number of fused-ring (bicyclic) bond motifs is 1. The van der Waals surface area contributed by atoms with E-state index < -0.39 is 51.6 Å². The van der Waals surface area contributed by atoms with Gasteiger partial charge in [-0.15, -0.1) is 0 Å². The number of alkyl carbamates (subject to hydrolysis) is 1. The molecule has 0 spiro atoms. The minimum absolute atomic E-state index is 0.0217. The van der Waals surface area contributed by atoms with Gasteiger partial charge in [0, 0.05) is 48.4 Å². The van der Waals surface area contributed by atoms with Gasteiger partial charge in [0.25, 0.3) is 0 Å². The summed E-state index contributed by atoms with van der Waals surface area (Å²) in [5.41, 5.74) is -2.81. The van der Waals surface area contributed by atoms with Gasteiger partial charge in [0.15, 0.2) is 0 Å². The number of rotatable bonds is 5. The molecule has 15 heteroatoms. The van der Waals surface area contributed by atoms with Gasteiger partial charge in [0.1, 0.15) is 11.2 Å². The Bertz CT molecular complexity index is 1560. The number of hydrogen-bond donors (Lipinski definition) is 2. The fourth-order valence-corrected chi connectivity index (χ4v) is 7.88. The predicted molar refractivity (Wildman–Crippen MR) is 192 cm³/mol. The van der Waals surface area contributed by atoms with Crippen molar-refractivity contribution in [2.45, 2.75) is 114 Å². The second-order valence-corrected chi connectivity index (χ2v) is 18.4.